The van der Waals surface area contributed by atoms with Crippen LogP contribution in [0.2, 0.25) is 0 Å². The number of nitrogens with zero attached hydrogens (tertiary/aromatic N) is 1. The quantitative estimate of drug-likeness (QED) is 0.147. The van der Waals surface area contributed by atoms with Crippen LogP contribution in [0, 0.1) is 0 Å². The fourth-order valence-corrected chi connectivity index (χ4v) is 5.26. The number of hydrogen-bond acceptors (Lipinski definition) is 7. The number of carbonyl (C=O) groups excluding carboxylic acids is 2. The number of benzene rings is 3. The fraction of sp³-hybridized carbons (Fsp3) is 0.103. The van der Waals surface area contributed by atoms with Crippen LogP contribution in [-0.2, 0) is 14.4 Å². The summed E-state index contributed by atoms with van der Waals surface area (Å²) in [6.07, 6.45) is 1.72. The van der Waals surface area contributed by atoms with Gasteiger partial charge in [0, 0.05) is 33.7 Å². The van der Waals surface area contributed by atoms with Crippen LogP contribution >= 0.6 is 23.1 Å². The number of thiazole rings is 1. The average Bonchev–Trinajstić information content (AvgIpc) is 3.41. The summed E-state index contributed by atoms with van der Waals surface area (Å²) in [4.78, 5) is 41.2. The van der Waals surface area contributed by atoms with E-state index in [1.807, 2.05) is 66.9 Å². The van der Waals surface area contributed by atoms with Crippen molar-refractivity contribution in [2.75, 3.05) is 17.2 Å². The zero-order valence-corrected chi connectivity index (χ0v) is 22.5. The topological polar surface area (TPSA) is 118 Å². The number of carbonyl (C=O) groups is 3. The van der Waals surface area contributed by atoms with Crippen LogP contribution in [0.1, 0.15) is 17.7 Å². The molecule has 4 rings (SSSR count). The van der Waals surface area contributed by atoms with Crippen LogP contribution in [0.4, 0.5) is 10.8 Å². The standard InChI is InChI=1S/C29H25N3O5S2/c1-2-37-22-12-8-19(9-13-22)24-18-38-29(31-24)32-28(36)27(20-6-4-3-5-7-20)39-23-14-10-21(11-15-23)30-25(33)16-17-26(34)35/h3-18,27H,2H2,1H3,(H,30,33)(H,34,35)(H,31,32,36)/b17-16+. The molecule has 4 aromatic rings. The van der Waals surface area contributed by atoms with E-state index in [4.69, 9.17) is 9.84 Å². The average molecular weight is 560 g/mol. The highest BCUT2D eigenvalue weighted by atomic mass is 32.2. The lowest BCUT2D eigenvalue weighted by Crippen LogP contribution is -2.19. The van der Waals surface area contributed by atoms with Gasteiger partial charge in [-0.3, -0.25) is 9.59 Å². The van der Waals surface area contributed by atoms with Gasteiger partial charge in [0.2, 0.25) is 11.8 Å². The molecule has 198 valence electrons. The Morgan fingerprint density at radius 1 is 0.974 bits per heavy atom. The molecule has 8 nitrogen and oxygen atoms in total. The van der Waals surface area contributed by atoms with Crippen molar-refractivity contribution in [3.05, 3.63) is 102 Å². The molecule has 10 heteroatoms. The van der Waals surface area contributed by atoms with Gasteiger partial charge in [0.1, 0.15) is 11.0 Å². The minimum atomic E-state index is -1.20. The molecule has 1 heterocycles. The molecule has 0 fully saturated rings. The van der Waals surface area contributed by atoms with Gasteiger partial charge in [-0.05, 0) is 61.0 Å². The summed E-state index contributed by atoms with van der Waals surface area (Å²) in [6, 6.07) is 24.1. The molecule has 0 aliphatic carbocycles. The van der Waals surface area contributed by atoms with E-state index in [-0.39, 0.29) is 5.91 Å². The minimum absolute atomic E-state index is 0.213. The van der Waals surface area contributed by atoms with E-state index in [9.17, 15) is 14.4 Å². The molecule has 1 aromatic heterocycles. The van der Waals surface area contributed by atoms with E-state index in [1.165, 1.54) is 23.1 Å². The smallest absolute Gasteiger partial charge is 0.328 e. The summed E-state index contributed by atoms with van der Waals surface area (Å²) in [7, 11) is 0. The van der Waals surface area contributed by atoms with Crippen molar-refractivity contribution in [2.24, 2.45) is 0 Å². The number of aliphatic carboxylic acids is 1. The first-order chi connectivity index (χ1) is 18.9. The first kappa shape index (κ1) is 27.6. The molecule has 3 aromatic carbocycles. The molecule has 0 aliphatic rings. The minimum Gasteiger partial charge on any atom is -0.494 e. The fourth-order valence-electron chi connectivity index (χ4n) is 3.51. The number of aromatic nitrogens is 1. The van der Waals surface area contributed by atoms with Gasteiger partial charge >= 0.3 is 5.97 Å². The van der Waals surface area contributed by atoms with Crippen molar-refractivity contribution in [2.45, 2.75) is 17.1 Å². The number of hydrogen-bond donors (Lipinski definition) is 3. The highest BCUT2D eigenvalue weighted by Gasteiger charge is 2.23. The first-order valence-electron chi connectivity index (χ1n) is 11.9. The Balaban J connectivity index is 1.46. The number of rotatable bonds is 11. The molecule has 0 spiro atoms. The Morgan fingerprint density at radius 2 is 1.69 bits per heavy atom. The van der Waals surface area contributed by atoms with Crippen molar-refractivity contribution in [1.29, 1.82) is 0 Å². The first-order valence-corrected chi connectivity index (χ1v) is 13.7. The molecular formula is C29H25N3O5S2. The second-order valence-corrected chi connectivity index (χ2v) is 10.1. The maximum atomic E-state index is 13.4. The van der Waals surface area contributed by atoms with Crippen LogP contribution < -0.4 is 15.4 Å². The Morgan fingerprint density at radius 3 is 2.36 bits per heavy atom. The van der Waals surface area contributed by atoms with Gasteiger partial charge in [0.25, 0.3) is 0 Å². The maximum Gasteiger partial charge on any atom is 0.328 e. The van der Waals surface area contributed by atoms with Crippen molar-refractivity contribution in [3.8, 4) is 17.0 Å². The molecule has 0 saturated carbocycles. The SMILES string of the molecule is CCOc1ccc(-c2csc(NC(=O)C(Sc3ccc(NC(=O)/C=C/C(=O)O)cc3)c3ccccc3)n2)cc1. The van der Waals surface area contributed by atoms with Gasteiger partial charge < -0.3 is 20.5 Å². The van der Waals surface area contributed by atoms with E-state index in [0.29, 0.717) is 17.4 Å². The summed E-state index contributed by atoms with van der Waals surface area (Å²) in [5, 5.41) is 16.0. The Hall–Kier alpha value is -4.41. The van der Waals surface area contributed by atoms with Crippen molar-refractivity contribution >= 4 is 51.7 Å². The molecule has 3 N–H and O–H groups in total. The molecule has 2 amide bonds. The van der Waals surface area contributed by atoms with Crippen LogP contribution in [0.25, 0.3) is 11.3 Å². The highest BCUT2D eigenvalue weighted by Crippen LogP contribution is 2.37. The largest absolute Gasteiger partial charge is 0.494 e. The summed E-state index contributed by atoms with van der Waals surface area (Å²) in [5.41, 5.74) is 3.03. The number of thioether (sulfide) groups is 1. The molecule has 0 aliphatic heterocycles. The lowest BCUT2D eigenvalue weighted by Gasteiger charge is -2.16. The predicted molar refractivity (Wildman–Crippen MR) is 154 cm³/mol. The lowest BCUT2D eigenvalue weighted by molar-refractivity contribution is -0.131. The molecule has 0 radical (unpaired) electrons. The summed E-state index contributed by atoms with van der Waals surface area (Å²) in [6.45, 7) is 2.53. The van der Waals surface area contributed by atoms with Crippen molar-refractivity contribution in [1.82, 2.24) is 4.98 Å². The maximum absolute atomic E-state index is 13.4. The van der Waals surface area contributed by atoms with E-state index in [1.54, 1.807) is 24.3 Å². The molecule has 1 unspecified atom stereocenters. The van der Waals surface area contributed by atoms with E-state index < -0.39 is 17.1 Å². The molecular weight excluding hydrogens is 534 g/mol. The van der Waals surface area contributed by atoms with E-state index in [2.05, 4.69) is 15.6 Å². The summed E-state index contributed by atoms with van der Waals surface area (Å²) >= 11 is 2.72. The number of carboxylic acid groups (broad SMARTS) is 1. The zero-order chi connectivity index (χ0) is 27.6. The number of ether oxygens (including phenoxy) is 1. The predicted octanol–water partition coefficient (Wildman–Crippen LogP) is 6.26. The number of anilines is 2. The van der Waals surface area contributed by atoms with Gasteiger partial charge in [-0.15, -0.1) is 23.1 Å². The monoisotopic (exact) mass is 559 g/mol. The van der Waals surface area contributed by atoms with Crippen LogP contribution in [0.5, 0.6) is 5.75 Å². The third kappa shape index (κ3) is 8.03. The van der Waals surface area contributed by atoms with Gasteiger partial charge in [-0.2, -0.15) is 0 Å². The Labute approximate surface area is 233 Å². The third-order valence-corrected chi connectivity index (χ3v) is 7.31. The van der Waals surface area contributed by atoms with Gasteiger partial charge in [-0.25, -0.2) is 9.78 Å². The Kier molecular flexibility index (Phi) is 9.49. The van der Waals surface area contributed by atoms with E-state index >= 15 is 0 Å². The molecule has 39 heavy (non-hydrogen) atoms. The van der Waals surface area contributed by atoms with Crippen LogP contribution in [-0.4, -0.2) is 34.5 Å². The summed E-state index contributed by atoms with van der Waals surface area (Å²) in [5.74, 6) is -1.17. The van der Waals surface area contributed by atoms with Crippen molar-refractivity contribution in [3.63, 3.8) is 0 Å². The van der Waals surface area contributed by atoms with Gasteiger partial charge in [0.15, 0.2) is 5.13 Å². The number of carboxylic acids is 1. The zero-order valence-electron chi connectivity index (χ0n) is 20.9. The highest BCUT2D eigenvalue weighted by molar-refractivity contribution is 8.00. The van der Waals surface area contributed by atoms with E-state index in [0.717, 1.165) is 39.6 Å². The number of nitrogens with one attached hydrogen (secondary N) is 2. The molecule has 0 saturated heterocycles. The number of amides is 2. The van der Waals surface area contributed by atoms with Gasteiger partial charge in [0.05, 0.1) is 12.3 Å². The van der Waals surface area contributed by atoms with Crippen LogP contribution in [0.15, 0.2) is 101 Å². The van der Waals surface area contributed by atoms with Crippen molar-refractivity contribution < 1.29 is 24.2 Å². The van der Waals surface area contributed by atoms with Crippen LogP contribution in [0.3, 0.4) is 0 Å². The second kappa shape index (κ2) is 13.4. The second-order valence-electron chi connectivity index (χ2n) is 8.08. The Bertz CT molecular complexity index is 1450. The third-order valence-electron chi connectivity index (χ3n) is 5.29. The molecule has 0 bridgehead atoms. The summed E-state index contributed by atoms with van der Waals surface area (Å²) < 4.78 is 5.50. The molecule has 1 atom stereocenters. The normalized spacial score (nSPS) is 11.6. The lowest BCUT2D eigenvalue weighted by atomic mass is 10.1. The van der Waals surface area contributed by atoms with Gasteiger partial charge in [-0.1, -0.05) is 30.3 Å².